The van der Waals surface area contributed by atoms with Crippen LogP contribution in [0, 0.1) is 5.92 Å². The predicted octanol–water partition coefficient (Wildman–Crippen LogP) is 1.77. The lowest BCUT2D eigenvalue weighted by Gasteiger charge is -2.16. The van der Waals surface area contributed by atoms with Crippen LogP contribution in [-0.2, 0) is 6.42 Å². The summed E-state index contributed by atoms with van der Waals surface area (Å²) >= 11 is 2.04. The third kappa shape index (κ3) is 2.09. The summed E-state index contributed by atoms with van der Waals surface area (Å²) in [4.78, 5) is 0. The van der Waals surface area contributed by atoms with E-state index in [0.29, 0.717) is 6.04 Å². The minimum Gasteiger partial charge on any atom is -0.472 e. The normalized spacial score (nSPS) is 28.1. The van der Waals surface area contributed by atoms with Gasteiger partial charge in [0.1, 0.15) is 0 Å². The van der Waals surface area contributed by atoms with E-state index in [1.807, 2.05) is 18.0 Å². The van der Waals surface area contributed by atoms with Crippen LogP contribution < -0.4 is 5.32 Å². The van der Waals surface area contributed by atoms with Crippen LogP contribution in [0.25, 0.3) is 0 Å². The van der Waals surface area contributed by atoms with Crippen molar-refractivity contribution in [1.82, 2.24) is 5.32 Å². The zero-order chi connectivity index (χ0) is 9.10. The van der Waals surface area contributed by atoms with Crippen LogP contribution in [0.3, 0.4) is 0 Å². The zero-order valence-electron chi connectivity index (χ0n) is 7.82. The molecule has 1 aliphatic heterocycles. The van der Waals surface area contributed by atoms with E-state index in [0.717, 1.165) is 12.3 Å². The Morgan fingerprint density at radius 2 is 2.54 bits per heavy atom. The number of hydrogen-bond acceptors (Lipinski definition) is 3. The number of hydrogen-bond donors (Lipinski definition) is 1. The van der Waals surface area contributed by atoms with Crippen LogP contribution in [0.15, 0.2) is 23.0 Å². The maximum Gasteiger partial charge on any atom is 0.0934 e. The molecule has 2 unspecified atom stereocenters. The van der Waals surface area contributed by atoms with Gasteiger partial charge in [0.2, 0.25) is 0 Å². The van der Waals surface area contributed by atoms with Crippen molar-refractivity contribution in [3.63, 3.8) is 0 Å². The van der Waals surface area contributed by atoms with Gasteiger partial charge in [-0.1, -0.05) is 0 Å². The van der Waals surface area contributed by atoms with Gasteiger partial charge in [0.15, 0.2) is 0 Å². The van der Waals surface area contributed by atoms with Gasteiger partial charge in [0, 0.05) is 11.8 Å². The van der Waals surface area contributed by atoms with Crippen molar-refractivity contribution in [3.8, 4) is 0 Å². The van der Waals surface area contributed by atoms with Crippen molar-refractivity contribution in [3.05, 3.63) is 24.2 Å². The molecule has 72 valence electrons. The van der Waals surface area contributed by atoms with Crippen molar-refractivity contribution in [2.45, 2.75) is 12.5 Å². The Balaban J connectivity index is 1.94. The molecule has 2 atom stereocenters. The van der Waals surface area contributed by atoms with E-state index < -0.39 is 0 Å². The molecular formula is C10H15NOS. The maximum atomic E-state index is 5.07. The fourth-order valence-electron chi connectivity index (χ4n) is 1.83. The summed E-state index contributed by atoms with van der Waals surface area (Å²) in [6.07, 6.45) is 4.76. The molecule has 1 aliphatic rings. The second-order valence-electron chi connectivity index (χ2n) is 3.53. The van der Waals surface area contributed by atoms with Gasteiger partial charge in [-0.15, -0.1) is 0 Å². The van der Waals surface area contributed by atoms with Crippen molar-refractivity contribution >= 4 is 11.8 Å². The topological polar surface area (TPSA) is 25.2 Å². The Labute approximate surface area is 83.1 Å². The van der Waals surface area contributed by atoms with Gasteiger partial charge < -0.3 is 9.73 Å². The molecule has 3 heteroatoms. The molecule has 0 spiro atoms. The SMILES string of the molecule is CNC1CSCC1Cc1ccoc1. The first-order valence-corrected chi connectivity index (χ1v) is 5.81. The Kier molecular flexibility index (Phi) is 2.96. The highest BCUT2D eigenvalue weighted by molar-refractivity contribution is 7.99. The highest BCUT2D eigenvalue weighted by atomic mass is 32.2. The van der Waals surface area contributed by atoms with E-state index in [1.54, 1.807) is 6.26 Å². The van der Waals surface area contributed by atoms with Crippen molar-refractivity contribution in [2.75, 3.05) is 18.6 Å². The average Bonchev–Trinajstić information content (AvgIpc) is 2.76. The third-order valence-corrected chi connectivity index (χ3v) is 3.91. The Morgan fingerprint density at radius 1 is 1.62 bits per heavy atom. The molecule has 0 amide bonds. The van der Waals surface area contributed by atoms with Gasteiger partial charge in [0.25, 0.3) is 0 Å². The minimum atomic E-state index is 0.680. The van der Waals surface area contributed by atoms with Gasteiger partial charge in [0.05, 0.1) is 12.5 Å². The zero-order valence-corrected chi connectivity index (χ0v) is 8.64. The van der Waals surface area contributed by atoms with Crippen LogP contribution in [0.5, 0.6) is 0 Å². The molecule has 0 bridgehead atoms. The summed E-state index contributed by atoms with van der Waals surface area (Å²) in [6.45, 7) is 0. The van der Waals surface area contributed by atoms with Crippen LogP contribution in [0.1, 0.15) is 5.56 Å². The summed E-state index contributed by atoms with van der Waals surface area (Å²) < 4.78 is 5.07. The molecule has 2 rings (SSSR count). The van der Waals surface area contributed by atoms with Crippen LogP contribution >= 0.6 is 11.8 Å². The number of rotatable bonds is 3. The molecule has 1 aromatic rings. The second kappa shape index (κ2) is 4.20. The number of nitrogens with one attached hydrogen (secondary N) is 1. The van der Waals surface area contributed by atoms with E-state index in [-0.39, 0.29) is 0 Å². The molecule has 1 fully saturated rings. The van der Waals surface area contributed by atoms with E-state index in [4.69, 9.17) is 4.42 Å². The molecule has 1 aromatic heterocycles. The van der Waals surface area contributed by atoms with E-state index in [2.05, 4.69) is 18.4 Å². The van der Waals surface area contributed by atoms with Crippen LogP contribution in [0.4, 0.5) is 0 Å². The summed E-state index contributed by atoms with van der Waals surface area (Å²) in [6, 6.07) is 2.75. The van der Waals surface area contributed by atoms with Crippen molar-refractivity contribution in [1.29, 1.82) is 0 Å². The summed E-state index contributed by atoms with van der Waals surface area (Å²) in [5.74, 6) is 3.29. The standard InChI is InChI=1S/C10H15NOS/c1-11-10-7-13-6-9(10)4-8-2-3-12-5-8/h2-3,5,9-11H,4,6-7H2,1H3. The monoisotopic (exact) mass is 197 g/mol. The second-order valence-corrected chi connectivity index (χ2v) is 4.60. The molecule has 0 aromatic carbocycles. The first-order chi connectivity index (χ1) is 6.40. The van der Waals surface area contributed by atoms with Gasteiger partial charge in [-0.05, 0) is 36.8 Å². The molecule has 13 heavy (non-hydrogen) atoms. The lowest BCUT2D eigenvalue weighted by Crippen LogP contribution is -2.33. The molecule has 1 saturated heterocycles. The largest absolute Gasteiger partial charge is 0.472 e. The first kappa shape index (κ1) is 9.16. The Morgan fingerprint density at radius 3 is 3.23 bits per heavy atom. The quantitative estimate of drug-likeness (QED) is 0.799. The summed E-state index contributed by atoms with van der Waals surface area (Å²) in [7, 11) is 2.05. The van der Waals surface area contributed by atoms with Gasteiger partial charge in [-0.2, -0.15) is 11.8 Å². The molecule has 0 saturated carbocycles. The lowest BCUT2D eigenvalue weighted by atomic mass is 9.97. The van der Waals surface area contributed by atoms with Gasteiger partial charge in [-0.25, -0.2) is 0 Å². The van der Waals surface area contributed by atoms with Crippen LogP contribution in [0.2, 0.25) is 0 Å². The van der Waals surface area contributed by atoms with E-state index >= 15 is 0 Å². The average molecular weight is 197 g/mol. The predicted molar refractivity (Wildman–Crippen MR) is 56.1 cm³/mol. The van der Waals surface area contributed by atoms with E-state index in [9.17, 15) is 0 Å². The molecule has 2 nitrogen and oxygen atoms in total. The fourth-order valence-corrected chi connectivity index (χ4v) is 3.31. The Hall–Kier alpha value is -0.410. The minimum absolute atomic E-state index is 0.680. The van der Waals surface area contributed by atoms with Crippen molar-refractivity contribution in [2.24, 2.45) is 5.92 Å². The smallest absolute Gasteiger partial charge is 0.0934 e. The summed E-state index contributed by atoms with van der Waals surface area (Å²) in [5.41, 5.74) is 1.33. The first-order valence-electron chi connectivity index (χ1n) is 4.66. The van der Waals surface area contributed by atoms with E-state index in [1.165, 1.54) is 17.1 Å². The maximum absolute atomic E-state index is 5.07. The number of thioether (sulfide) groups is 1. The molecule has 2 heterocycles. The highest BCUT2D eigenvalue weighted by Crippen LogP contribution is 2.27. The molecule has 1 N–H and O–H groups in total. The molecule has 0 aliphatic carbocycles. The Bertz CT molecular complexity index is 247. The molecular weight excluding hydrogens is 182 g/mol. The van der Waals surface area contributed by atoms with Gasteiger partial charge in [-0.3, -0.25) is 0 Å². The molecule has 0 radical (unpaired) electrons. The summed E-state index contributed by atoms with van der Waals surface area (Å²) in [5, 5.41) is 3.37. The third-order valence-electron chi connectivity index (χ3n) is 2.65. The number of furan rings is 1. The van der Waals surface area contributed by atoms with Crippen molar-refractivity contribution < 1.29 is 4.42 Å². The fraction of sp³-hybridized carbons (Fsp3) is 0.600. The van der Waals surface area contributed by atoms with Crippen LogP contribution in [-0.4, -0.2) is 24.6 Å². The van der Waals surface area contributed by atoms with Gasteiger partial charge >= 0.3 is 0 Å². The highest BCUT2D eigenvalue weighted by Gasteiger charge is 2.26. The lowest BCUT2D eigenvalue weighted by molar-refractivity contribution is 0.451.